The molecule has 0 bridgehead atoms. The molecule has 1 N–H and O–H groups in total. The standard InChI is InChI=1S/C22H24FN3OS2/c1-3-16-4-7-18(8-5-16)22-26-15(2)19(29-22)13-28-14-21(27)24-11-10-17-6-9-20(23)25-12-17/h4-9,12H,3,10-11,13-14H2,1-2H3,(H,24,27). The minimum Gasteiger partial charge on any atom is -0.355 e. The van der Waals surface area contributed by atoms with E-state index in [2.05, 4.69) is 41.5 Å². The lowest BCUT2D eigenvalue weighted by Gasteiger charge is -2.05. The van der Waals surface area contributed by atoms with Gasteiger partial charge in [0, 0.05) is 28.9 Å². The molecular weight excluding hydrogens is 405 g/mol. The van der Waals surface area contributed by atoms with Gasteiger partial charge in [-0.3, -0.25) is 4.79 Å². The van der Waals surface area contributed by atoms with Crippen molar-refractivity contribution in [1.29, 1.82) is 0 Å². The molecule has 0 saturated heterocycles. The summed E-state index contributed by atoms with van der Waals surface area (Å²) in [6.45, 7) is 4.69. The van der Waals surface area contributed by atoms with Crippen LogP contribution < -0.4 is 5.32 Å². The SMILES string of the molecule is CCc1ccc(-c2nc(C)c(CSCC(=O)NCCc3ccc(F)nc3)s2)cc1. The van der Waals surface area contributed by atoms with Gasteiger partial charge in [-0.15, -0.1) is 23.1 Å². The van der Waals surface area contributed by atoms with E-state index >= 15 is 0 Å². The predicted octanol–water partition coefficient (Wildman–Crippen LogP) is 4.81. The summed E-state index contributed by atoms with van der Waals surface area (Å²) in [7, 11) is 0. The Hall–Kier alpha value is -2.25. The van der Waals surface area contributed by atoms with Crippen LogP contribution in [0.25, 0.3) is 10.6 Å². The van der Waals surface area contributed by atoms with Crippen molar-refractivity contribution >= 4 is 29.0 Å². The topological polar surface area (TPSA) is 54.9 Å². The Kier molecular flexibility index (Phi) is 7.77. The highest BCUT2D eigenvalue weighted by Crippen LogP contribution is 2.30. The van der Waals surface area contributed by atoms with Crippen LogP contribution in [0.1, 0.15) is 28.6 Å². The van der Waals surface area contributed by atoms with Gasteiger partial charge in [0.1, 0.15) is 5.01 Å². The van der Waals surface area contributed by atoms with Gasteiger partial charge in [0.2, 0.25) is 11.9 Å². The number of thiazole rings is 1. The van der Waals surface area contributed by atoms with Crippen molar-refractivity contribution in [2.75, 3.05) is 12.3 Å². The van der Waals surface area contributed by atoms with Crippen molar-refractivity contribution < 1.29 is 9.18 Å². The van der Waals surface area contributed by atoms with E-state index in [9.17, 15) is 9.18 Å². The maximum atomic E-state index is 12.8. The Morgan fingerprint density at radius 3 is 2.62 bits per heavy atom. The van der Waals surface area contributed by atoms with Crippen molar-refractivity contribution in [2.45, 2.75) is 32.4 Å². The molecule has 0 saturated carbocycles. The van der Waals surface area contributed by atoms with E-state index in [1.807, 2.05) is 6.92 Å². The number of halogens is 1. The van der Waals surface area contributed by atoms with Gasteiger partial charge in [-0.2, -0.15) is 4.39 Å². The molecule has 0 spiro atoms. The summed E-state index contributed by atoms with van der Waals surface area (Å²) in [5.74, 6) is 0.682. The largest absolute Gasteiger partial charge is 0.355 e. The Morgan fingerprint density at radius 2 is 1.93 bits per heavy atom. The molecule has 1 amide bonds. The number of amides is 1. The van der Waals surface area contributed by atoms with Crippen LogP contribution in [0.15, 0.2) is 42.6 Å². The van der Waals surface area contributed by atoms with Gasteiger partial charge in [0.05, 0.1) is 11.4 Å². The molecule has 7 heteroatoms. The maximum Gasteiger partial charge on any atom is 0.230 e. The van der Waals surface area contributed by atoms with Gasteiger partial charge in [-0.05, 0) is 37.0 Å². The third-order valence-electron chi connectivity index (χ3n) is 4.49. The summed E-state index contributed by atoms with van der Waals surface area (Å²) >= 11 is 3.28. The van der Waals surface area contributed by atoms with Crippen molar-refractivity contribution in [1.82, 2.24) is 15.3 Å². The highest BCUT2D eigenvalue weighted by Gasteiger charge is 2.11. The molecule has 0 aliphatic heterocycles. The number of hydrogen-bond acceptors (Lipinski definition) is 5. The number of rotatable bonds is 9. The molecule has 152 valence electrons. The van der Waals surface area contributed by atoms with Crippen LogP contribution in [0.5, 0.6) is 0 Å². The van der Waals surface area contributed by atoms with Gasteiger partial charge < -0.3 is 5.32 Å². The van der Waals surface area contributed by atoms with Crippen molar-refractivity contribution in [3.05, 3.63) is 70.2 Å². The molecule has 1 aromatic carbocycles. The maximum absolute atomic E-state index is 12.8. The number of carbonyl (C=O) groups excluding carboxylic acids is 1. The Morgan fingerprint density at radius 1 is 1.17 bits per heavy atom. The monoisotopic (exact) mass is 429 g/mol. The third kappa shape index (κ3) is 6.37. The molecule has 4 nitrogen and oxygen atoms in total. The van der Waals surface area contributed by atoms with Gasteiger partial charge in [0.15, 0.2) is 0 Å². The Labute approximate surface area is 179 Å². The number of benzene rings is 1. The molecule has 0 unspecified atom stereocenters. The summed E-state index contributed by atoms with van der Waals surface area (Å²) < 4.78 is 12.8. The first kappa shape index (κ1) is 21.5. The number of thioether (sulfide) groups is 1. The molecule has 0 aliphatic carbocycles. The third-order valence-corrected chi connectivity index (χ3v) is 6.84. The summed E-state index contributed by atoms with van der Waals surface area (Å²) in [6.07, 6.45) is 3.16. The quantitative estimate of drug-likeness (QED) is 0.496. The lowest BCUT2D eigenvalue weighted by molar-refractivity contribution is -0.118. The van der Waals surface area contributed by atoms with Gasteiger partial charge in [-0.25, -0.2) is 9.97 Å². The number of nitrogens with zero attached hydrogens (tertiary/aromatic N) is 2. The summed E-state index contributed by atoms with van der Waals surface area (Å²) in [5, 5.41) is 3.92. The first-order chi connectivity index (χ1) is 14.0. The van der Waals surface area contributed by atoms with Crippen molar-refractivity contribution in [3.8, 4) is 10.6 Å². The van der Waals surface area contributed by atoms with Crippen LogP contribution >= 0.6 is 23.1 Å². The molecular formula is C22H24FN3OS2. The van der Waals surface area contributed by atoms with Gasteiger partial charge >= 0.3 is 0 Å². The first-order valence-electron chi connectivity index (χ1n) is 9.55. The zero-order valence-electron chi connectivity index (χ0n) is 16.6. The van der Waals surface area contributed by atoms with Crippen LogP contribution in [0, 0.1) is 12.9 Å². The summed E-state index contributed by atoms with van der Waals surface area (Å²) in [5.41, 5.74) is 4.39. The average molecular weight is 430 g/mol. The van der Waals surface area contributed by atoms with E-state index in [4.69, 9.17) is 4.98 Å². The minimum absolute atomic E-state index is 0.00242. The smallest absolute Gasteiger partial charge is 0.230 e. The molecule has 0 aliphatic rings. The van der Waals surface area contributed by atoms with Crippen LogP contribution in [0.4, 0.5) is 4.39 Å². The van der Waals surface area contributed by atoms with E-state index in [-0.39, 0.29) is 5.91 Å². The van der Waals surface area contributed by atoms with Crippen molar-refractivity contribution in [3.63, 3.8) is 0 Å². The number of aromatic nitrogens is 2. The molecule has 0 atom stereocenters. The lowest BCUT2D eigenvalue weighted by atomic mass is 10.1. The molecule has 2 heterocycles. The van der Waals surface area contributed by atoms with E-state index in [0.717, 1.165) is 34.0 Å². The fourth-order valence-electron chi connectivity index (χ4n) is 2.76. The number of nitrogens with one attached hydrogen (secondary N) is 1. The van der Waals surface area contributed by atoms with Crippen LogP contribution in [0.2, 0.25) is 0 Å². The zero-order valence-corrected chi connectivity index (χ0v) is 18.2. The summed E-state index contributed by atoms with van der Waals surface area (Å²) in [6, 6.07) is 11.6. The van der Waals surface area contributed by atoms with Crippen molar-refractivity contribution in [2.24, 2.45) is 0 Å². The summed E-state index contributed by atoms with van der Waals surface area (Å²) in [4.78, 5) is 21.5. The number of aryl methyl sites for hydroxylation is 2. The van der Waals surface area contributed by atoms with Crippen LogP contribution in [0.3, 0.4) is 0 Å². The second-order valence-electron chi connectivity index (χ2n) is 6.66. The van der Waals surface area contributed by atoms with E-state index < -0.39 is 5.95 Å². The highest BCUT2D eigenvalue weighted by molar-refractivity contribution is 7.99. The van der Waals surface area contributed by atoms with Gasteiger partial charge in [-0.1, -0.05) is 37.3 Å². The zero-order chi connectivity index (χ0) is 20.6. The number of carbonyl (C=O) groups is 1. The second kappa shape index (κ2) is 10.5. The van der Waals surface area contributed by atoms with E-state index in [1.165, 1.54) is 22.7 Å². The molecule has 0 radical (unpaired) electrons. The Bertz CT molecular complexity index is 940. The average Bonchev–Trinajstić information content (AvgIpc) is 3.10. The van der Waals surface area contributed by atoms with Crippen LogP contribution in [-0.2, 0) is 23.4 Å². The normalized spacial score (nSPS) is 10.9. The molecule has 3 aromatic rings. The number of pyridine rings is 1. The fourth-order valence-corrected chi connectivity index (χ4v) is 4.89. The second-order valence-corrected chi connectivity index (χ2v) is 8.73. The molecule has 29 heavy (non-hydrogen) atoms. The van der Waals surface area contributed by atoms with Crippen LogP contribution in [-0.4, -0.2) is 28.2 Å². The Balaban J connectivity index is 1.43. The van der Waals surface area contributed by atoms with E-state index in [1.54, 1.807) is 29.2 Å². The minimum atomic E-state index is -0.492. The first-order valence-corrected chi connectivity index (χ1v) is 11.5. The molecule has 3 rings (SSSR count). The predicted molar refractivity (Wildman–Crippen MR) is 119 cm³/mol. The lowest BCUT2D eigenvalue weighted by Crippen LogP contribution is -2.27. The highest BCUT2D eigenvalue weighted by atomic mass is 32.2. The van der Waals surface area contributed by atoms with E-state index in [0.29, 0.717) is 18.7 Å². The fraction of sp³-hybridized carbons (Fsp3) is 0.318. The molecule has 2 aromatic heterocycles. The van der Waals surface area contributed by atoms with Gasteiger partial charge in [0.25, 0.3) is 0 Å². The molecule has 0 fully saturated rings. The number of hydrogen-bond donors (Lipinski definition) is 1.